The van der Waals surface area contributed by atoms with Crippen LogP contribution in [-0.4, -0.2) is 8.80 Å². The first-order valence-corrected chi connectivity index (χ1v) is 34.1. The highest BCUT2D eigenvalue weighted by Crippen LogP contribution is 2.64. The van der Waals surface area contributed by atoms with Gasteiger partial charge in [0.2, 0.25) is 0 Å². The standard InChI is InChI=1S/C45H30N2.C28H22.C18H10BrN.CH4.FH/c1-27-18-21-42-38(24-27)45(36-15-6-3-10-30(36)31-11-4-7-16-37(31)45)39-25-28(2)19-22-43(39)46(42)29-20-23-41-35(26-29)34-14-9-13-33-32-12-5-8-17-40(32)47(41)44(33)34;1-18-11-13-20-17-21-14-12-19(2)16-27(21)28(26(20)15-18)24-9-5-3-7-22(24)23-8-4-6-10-25(23)28;19-11-8-9-17-15(10-11)14-6-3-5-13-12-4-1-2-7-16(12)20(17)18(13)14;;/h3-26H,1-2H3;3-16H,17H2,1-2H3;1-10H;1H4;1H. The number of hydrogen-bond acceptors (Lipinski definition) is 1. The Morgan fingerprint density at radius 3 is 1.08 bits per heavy atom. The van der Waals surface area contributed by atoms with Gasteiger partial charge in [-0.25, -0.2) is 0 Å². The van der Waals surface area contributed by atoms with Crippen LogP contribution in [-0.2, 0) is 17.3 Å². The molecule has 4 aromatic heterocycles. The van der Waals surface area contributed by atoms with Gasteiger partial charge in [0.25, 0.3) is 0 Å². The molecule has 14 aromatic carbocycles. The van der Waals surface area contributed by atoms with Crippen LogP contribution in [0.2, 0.25) is 0 Å². The minimum atomic E-state index is -0.411. The Balaban J connectivity index is 0.000000116. The summed E-state index contributed by atoms with van der Waals surface area (Å²) >= 11 is 3.59. The van der Waals surface area contributed by atoms with E-state index in [0.29, 0.717) is 0 Å². The topological polar surface area (TPSA) is 12.1 Å². The van der Waals surface area contributed by atoms with Crippen molar-refractivity contribution in [2.45, 2.75) is 52.4 Å². The predicted molar refractivity (Wildman–Crippen MR) is 410 cm³/mol. The molecular formula is C92H67BrFN3. The zero-order valence-corrected chi connectivity index (χ0v) is 55.1. The van der Waals surface area contributed by atoms with Crippen molar-refractivity contribution >= 4 is 109 Å². The van der Waals surface area contributed by atoms with E-state index in [0.717, 1.165) is 10.9 Å². The van der Waals surface area contributed by atoms with Crippen LogP contribution in [0.5, 0.6) is 0 Å². The lowest BCUT2D eigenvalue weighted by atomic mass is 9.61. The molecular weight excluding hydrogens is 1250 g/mol. The van der Waals surface area contributed by atoms with E-state index in [-0.39, 0.29) is 17.5 Å². The van der Waals surface area contributed by atoms with E-state index in [9.17, 15) is 0 Å². The maximum absolute atomic E-state index is 3.59. The van der Waals surface area contributed by atoms with Gasteiger partial charge < -0.3 is 13.7 Å². The minimum absolute atomic E-state index is 0. The molecule has 5 heteroatoms. The molecule has 0 unspecified atom stereocenters. The van der Waals surface area contributed by atoms with E-state index in [1.807, 2.05) is 0 Å². The summed E-state index contributed by atoms with van der Waals surface area (Å²) in [6, 6.07) is 109. The zero-order chi connectivity index (χ0) is 63.2. The highest BCUT2D eigenvalue weighted by molar-refractivity contribution is 9.10. The Kier molecular flexibility index (Phi) is 12.9. The first kappa shape index (κ1) is 58.5. The summed E-state index contributed by atoms with van der Waals surface area (Å²) in [6.45, 7) is 8.89. The molecule has 97 heavy (non-hydrogen) atoms. The third kappa shape index (κ3) is 7.83. The number of nitrogens with zero attached hydrogens (tertiary/aromatic N) is 3. The van der Waals surface area contributed by atoms with E-state index >= 15 is 0 Å². The molecule has 1 aliphatic heterocycles. The van der Waals surface area contributed by atoms with Crippen LogP contribution in [0.25, 0.3) is 98.4 Å². The van der Waals surface area contributed by atoms with Gasteiger partial charge in [-0.3, -0.25) is 4.70 Å². The van der Waals surface area contributed by atoms with Crippen molar-refractivity contribution in [2.24, 2.45) is 0 Å². The smallest absolute Gasteiger partial charge is 0.0754 e. The quantitative estimate of drug-likeness (QED) is 0.160. The first-order valence-electron chi connectivity index (χ1n) is 33.3. The molecule has 18 aromatic rings. The van der Waals surface area contributed by atoms with Gasteiger partial charge in [-0.1, -0.05) is 276 Å². The fourth-order valence-electron chi connectivity index (χ4n) is 18.2. The molecule has 0 saturated heterocycles. The number of aryl methyl sites for hydroxylation is 4. The minimum Gasteiger partial charge on any atom is -0.310 e. The largest absolute Gasteiger partial charge is 0.310 e. The molecule has 5 heterocycles. The molecule has 0 radical (unpaired) electrons. The van der Waals surface area contributed by atoms with Gasteiger partial charge in [0, 0.05) is 53.2 Å². The van der Waals surface area contributed by atoms with Gasteiger partial charge in [0.1, 0.15) is 0 Å². The van der Waals surface area contributed by atoms with Crippen LogP contribution in [0, 0.1) is 27.7 Å². The summed E-state index contributed by atoms with van der Waals surface area (Å²) in [5, 5.41) is 10.5. The van der Waals surface area contributed by atoms with E-state index in [1.54, 1.807) is 0 Å². The highest BCUT2D eigenvalue weighted by atomic mass is 79.9. The van der Waals surface area contributed by atoms with Crippen LogP contribution in [0.1, 0.15) is 85.3 Å². The van der Waals surface area contributed by atoms with E-state index in [4.69, 9.17) is 0 Å². The molecule has 22 rings (SSSR count). The van der Waals surface area contributed by atoms with Gasteiger partial charge in [0.05, 0.1) is 55.3 Å². The second-order valence-electron chi connectivity index (χ2n) is 27.0. The second kappa shape index (κ2) is 21.4. The number of anilines is 3. The number of fused-ring (bicyclic) bond motifs is 30. The monoisotopic (exact) mass is 1310 g/mol. The van der Waals surface area contributed by atoms with Crippen molar-refractivity contribution < 1.29 is 4.70 Å². The Bertz CT molecular complexity index is 6100. The van der Waals surface area contributed by atoms with E-state index in [2.05, 4.69) is 349 Å². The van der Waals surface area contributed by atoms with Crippen molar-refractivity contribution in [3.8, 4) is 22.3 Å². The van der Waals surface area contributed by atoms with E-state index in [1.165, 1.54) is 193 Å². The summed E-state index contributed by atoms with van der Waals surface area (Å²) in [7, 11) is 0. The molecule has 0 amide bonds. The van der Waals surface area contributed by atoms with Crippen LogP contribution in [0.15, 0.2) is 296 Å². The molecule has 4 aliphatic rings. The SMILES string of the molecule is Brc1ccc2c(c1)c1cccc3c4ccccc4n2c31.C.Cc1ccc2c(c1)C1(c3cc(C)ccc3C2)c2ccccc2-c2ccccc21.Cc1ccc2c(c1)C1(c3ccccc3-c3ccccc31)c1cc(C)ccc1N2c1ccc2c(c1)c1cccc3c4ccccc4n2c31.F. The third-order valence-electron chi connectivity index (χ3n) is 21.9. The van der Waals surface area contributed by atoms with Gasteiger partial charge in [0.15, 0.2) is 0 Å². The summed E-state index contributed by atoms with van der Waals surface area (Å²) in [5.41, 5.74) is 35.5. The van der Waals surface area contributed by atoms with Crippen molar-refractivity contribution in [3.05, 3.63) is 374 Å². The predicted octanol–water partition coefficient (Wildman–Crippen LogP) is 24.6. The summed E-state index contributed by atoms with van der Waals surface area (Å²) in [5.74, 6) is 0. The highest BCUT2D eigenvalue weighted by Gasteiger charge is 2.53. The van der Waals surface area contributed by atoms with Crippen molar-refractivity contribution in [3.63, 3.8) is 0 Å². The Morgan fingerprint density at radius 2 is 0.629 bits per heavy atom. The van der Waals surface area contributed by atoms with Crippen molar-refractivity contribution in [1.82, 2.24) is 8.80 Å². The summed E-state index contributed by atoms with van der Waals surface area (Å²) in [6.07, 6.45) is 1.01. The third-order valence-corrected chi connectivity index (χ3v) is 22.4. The molecule has 0 atom stereocenters. The fraction of sp³-hybridized carbons (Fsp3) is 0.0870. The molecule has 3 nitrogen and oxygen atoms in total. The number of rotatable bonds is 1. The molecule has 0 N–H and O–H groups in total. The average molecular weight is 1310 g/mol. The van der Waals surface area contributed by atoms with Gasteiger partial charge >= 0.3 is 0 Å². The van der Waals surface area contributed by atoms with Gasteiger partial charge in [-0.15, -0.1) is 0 Å². The number of para-hydroxylation sites is 4. The first-order chi connectivity index (χ1) is 46.7. The zero-order valence-electron chi connectivity index (χ0n) is 53.5. The Morgan fingerprint density at radius 1 is 0.289 bits per heavy atom. The number of aromatic nitrogens is 2. The van der Waals surface area contributed by atoms with Crippen LogP contribution in [0.3, 0.4) is 0 Å². The summed E-state index contributed by atoms with van der Waals surface area (Å²) < 4.78 is 5.98. The average Bonchev–Trinajstić information content (AvgIpc) is 1.69. The van der Waals surface area contributed by atoms with Gasteiger partial charge in [-0.2, -0.15) is 0 Å². The Labute approximate surface area is 571 Å². The molecule has 2 spiro atoms. The van der Waals surface area contributed by atoms with E-state index < -0.39 is 5.41 Å². The molecule has 0 bridgehead atoms. The maximum Gasteiger partial charge on any atom is 0.0754 e. The lowest BCUT2D eigenvalue weighted by Crippen LogP contribution is -2.36. The molecule has 0 fully saturated rings. The van der Waals surface area contributed by atoms with Crippen molar-refractivity contribution in [1.29, 1.82) is 0 Å². The number of hydrogen-bond donors (Lipinski definition) is 0. The molecule has 0 saturated carbocycles. The maximum atomic E-state index is 3.59. The number of halogens is 2. The number of benzene rings is 14. The normalized spacial score (nSPS) is 13.8. The van der Waals surface area contributed by atoms with Crippen LogP contribution >= 0.6 is 15.9 Å². The molecule has 3 aliphatic carbocycles. The molecule has 464 valence electrons. The van der Waals surface area contributed by atoms with Gasteiger partial charge in [-0.05, 0) is 173 Å². The summed E-state index contributed by atoms with van der Waals surface area (Å²) in [4.78, 5) is 2.52. The van der Waals surface area contributed by atoms with Crippen LogP contribution in [0.4, 0.5) is 21.8 Å². The fourth-order valence-corrected chi connectivity index (χ4v) is 18.5. The van der Waals surface area contributed by atoms with Crippen LogP contribution < -0.4 is 4.90 Å². The van der Waals surface area contributed by atoms with Crippen molar-refractivity contribution in [2.75, 3.05) is 4.90 Å². The second-order valence-corrected chi connectivity index (χ2v) is 27.9. The lowest BCUT2D eigenvalue weighted by molar-refractivity contribution is 0.720. The lowest BCUT2D eigenvalue weighted by Gasteiger charge is -2.45. The Hall–Kier alpha value is -11.1.